The Kier molecular flexibility index (Phi) is 9.93. The summed E-state index contributed by atoms with van der Waals surface area (Å²) in [6.07, 6.45) is -2.85. The Hall–Kier alpha value is -2.51. The fraction of sp³-hybridized carbons (Fsp3) is 0.318. The molecule has 38 heavy (non-hydrogen) atoms. The molecular formula is C22H23Cl2FN3O8PS. The molecule has 2 atom stereocenters. The lowest BCUT2D eigenvalue weighted by Crippen LogP contribution is -2.46. The summed E-state index contributed by atoms with van der Waals surface area (Å²) in [6, 6.07) is 6.19. The molecule has 206 valence electrons. The van der Waals surface area contributed by atoms with Crippen LogP contribution in [0.3, 0.4) is 0 Å². The third kappa shape index (κ3) is 8.24. The van der Waals surface area contributed by atoms with Gasteiger partial charge in [-0.25, -0.2) is 13.8 Å². The SMILES string of the molecule is CC(C)Oc1ccc(-c2nnc(-c3cc(F)c(OC[C@@H](NC(=O)O)[C@H](C)OP(=O)(O)O)cc3Cl)s2)cc1Cl. The number of nitrogens with zero attached hydrogens (tertiary/aromatic N) is 2. The number of rotatable bonds is 11. The van der Waals surface area contributed by atoms with Gasteiger partial charge in [0.15, 0.2) is 11.6 Å². The smallest absolute Gasteiger partial charge is 0.469 e. The molecule has 16 heteroatoms. The maximum Gasteiger partial charge on any atom is 0.469 e. The van der Waals surface area contributed by atoms with Gasteiger partial charge in [0.25, 0.3) is 0 Å². The highest BCUT2D eigenvalue weighted by molar-refractivity contribution is 7.46. The molecule has 0 radical (unpaired) electrons. The van der Waals surface area contributed by atoms with E-state index in [2.05, 4.69) is 14.7 Å². The van der Waals surface area contributed by atoms with Crippen molar-refractivity contribution in [3.8, 4) is 32.6 Å². The van der Waals surface area contributed by atoms with Gasteiger partial charge in [-0.1, -0.05) is 34.5 Å². The third-order valence-electron chi connectivity index (χ3n) is 4.82. The first-order chi connectivity index (χ1) is 17.7. The molecule has 3 rings (SSSR count). The quantitative estimate of drug-likeness (QED) is 0.201. The van der Waals surface area contributed by atoms with Gasteiger partial charge in [0, 0.05) is 17.2 Å². The van der Waals surface area contributed by atoms with Gasteiger partial charge in [-0.15, -0.1) is 10.2 Å². The second-order valence-corrected chi connectivity index (χ2v) is 11.1. The second-order valence-electron chi connectivity index (χ2n) is 8.15. The lowest BCUT2D eigenvalue weighted by Gasteiger charge is -2.24. The second kappa shape index (κ2) is 12.6. The molecular weight excluding hydrogens is 587 g/mol. The molecule has 0 spiro atoms. The van der Waals surface area contributed by atoms with Gasteiger partial charge >= 0.3 is 13.9 Å². The summed E-state index contributed by atoms with van der Waals surface area (Å²) in [4.78, 5) is 29.0. The molecule has 11 nitrogen and oxygen atoms in total. The van der Waals surface area contributed by atoms with Gasteiger partial charge < -0.3 is 29.7 Å². The van der Waals surface area contributed by atoms with Crippen molar-refractivity contribution in [1.29, 1.82) is 0 Å². The molecule has 0 aliphatic heterocycles. The minimum Gasteiger partial charge on any atom is -0.489 e. The van der Waals surface area contributed by atoms with Gasteiger partial charge in [0.1, 0.15) is 22.4 Å². The summed E-state index contributed by atoms with van der Waals surface area (Å²) in [5.41, 5.74) is 0.916. The zero-order chi connectivity index (χ0) is 28.2. The monoisotopic (exact) mass is 609 g/mol. The molecule has 3 aromatic rings. The molecule has 0 aliphatic carbocycles. The van der Waals surface area contributed by atoms with E-state index < -0.39 is 38.5 Å². The van der Waals surface area contributed by atoms with Crippen LogP contribution in [-0.2, 0) is 9.09 Å². The van der Waals surface area contributed by atoms with Crippen LogP contribution in [0.15, 0.2) is 30.3 Å². The molecule has 0 unspecified atom stereocenters. The summed E-state index contributed by atoms with van der Waals surface area (Å²) in [6.45, 7) is 4.47. The normalized spacial score (nSPS) is 13.3. The number of benzene rings is 2. The Morgan fingerprint density at radius 3 is 2.39 bits per heavy atom. The average molecular weight is 610 g/mol. The van der Waals surface area contributed by atoms with Crippen molar-refractivity contribution in [2.24, 2.45) is 0 Å². The summed E-state index contributed by atoms with van der Waals surface area (Å²) >= 11 is 13.8. The summed E-state index contributed by atoms with van der Waals surface area (Å²) < 4.78 is 41.5. The van der Waals surface area contributed by atoms with Crippen molar-refractivity contribution in [3.05, 3.63) is 46.2 Å². The van der Waals surface area contributed by atoms with Crippen LogP contribution < -0.4 is 14.8 Å². The van der Waals surface area contributed by atoms with Gasteiger partial charge in [-0.2, -0.15) is 0 Å². The van der Waals surface area contributed by atoms with Crippen LogP contribution in [0.25, 0.3) is 21.1 Å². The van der Waals surface area contributed by atoms with Crippen LogP contribution in [0.5, 0.6) is 11.5 Å². The number of ether oxygens (including phenoxy) is 2. The van der Waals surface area contributed by atoms with Gasteiger partial charge in [-0.3, -0.25) is 4.52 Å². The van der Waals surface area contributed by atoms with Crippen LogP contribution in [0.2, 0.25) is 10.0 Å². The predicted molar refractivity (Wildman–Crippen MR) is 140 cm³/mol. The number of amides is 1. The van der Waals surface area contributed by atoms with Crippen molar-refractivity contribution in [2.75, 3.05) is 6.61 Å². The van der Waals surface area contributed by atoms with E-state index in [9.17, 15) is 13.8 Å². The first kappa shape index (κ1) is 30.0. The standard InChI is InChI=1S/C22H23Cl2FN3O8PS/c1-10(2)35-18-5-4-12(6-15(18)24)20-27-28-21(38-20)13-7-16(25)19(8-14(13)23)34-9-17(26-22(29)30)11(3)36-37(31,32)33/h4-8,10-11,17,26H,9H2,1-3H3,(H,29,30)(H2,31,32,33)/t11-,17+/m0/s1. The Morgan fingerprint density at radius 2 is 1.79 bits per heavy atom. The molecule has 0 aliphatic rings. The summed E-state index contributed by atoms with van der Waals surface area (Å²) in [5, 5.41) is 20.6. The topological polar surface area (TPSA) is 160 Å². The zero-order valence-corrected chi connectivity index (χ0v) is 23.3. The van der Waals surface area contributed by atoms with Crippen LogP contribution in [0, 0.1) is 5.82 Å². The van der Waals surface area contributed by atoms with Crippen LogP contribution in [0.4, 0.5) is 9.18 Å². The first-order valence-electron chi connectivity index (χ1n) is 10.9. The van der Waals surface area contributed by atoms with E-state index in [1.54, 1.807) is 18.2 Å². The lowest BCUT2D eigenvalue weighted by molar-refractivity contribution is 0.0895. The molecule has 4 N–H and O–H groups in total. The molecule has 1 amide bonds. The first-order valence-corrected chi connectivity index (χ1v) is 14.0. The maximum atomic E-state index is 14.9. The van der Waals surface area contributed by atoms with Crippen molar-refractivity contribution in [2.45, 2.75) is 39.0 Å². The van der Waals surface area contributed by atoms with E-state index in [0.29, 0.717) is 26.4 Å². The number of phosphoric acid groups is 1. The van der Waals surface area contributed by atoms with Crippen molar-refractivity contribution < 1.29 is 42.6 Å². The molecule has 1 heterocycles. The number of carbonyl (C=O) groups is 1. The molecule has 0 bridgehead atoms. The molecule has 0 fully saturated rings. The maximum absolute atomic E-state index is 14.9. The largest absolute Gasteiger partial charge is 0.489 e. The number of nitrogens with one attached hydrogen (secondary N) is 1. The number of hydrogen-bond donors (Lipinski definition) is 4. The highest BCUT2D eigenvalue weighted by Crippen LogP contribution is 2.40. The zero-order valence-electron chi connectivity index (χ0n) is 20.1. The van der Waals surface area contributed by atoms with E-state index in [4.69, 9.17) is 47.6 Å². The number of aromatic nitrogens is 2. The van der Waals surface area contributed by atoms with Gasteiger partial charge in [-0.05, 0) is 45.0 Å². The lowest BCUT2D eigenvalue weighted by atomic mass is 10.2. The van der Waals surface area contributed by atoms with Crippen molar-refractivity contribution in [1.82, 2.24) is 15.5 Å². The summed E-state index contributed by atoms with van der Waals surface area (Å²) in [7, 11) is -4.91. The van der Waals surface area contributed by atoms with Crippen LogP contribution in [0.1, 0.15) is 20.8 Å². The van der Waals surface area contributed by atoms with E-state index in [1.807, 2.05) is 19.2 Å². The van der Waals surface area contributed by atoms with Crippen LogP contribution in [-0.4, -0.2) is 56.0 Å². The average Bonchev–Trinajstić information content (AvgIpc) is 3.28. The summed E-state index contributed by atoms with van der Waals surface area (Å²) in [5.74, 6) is -0.632. The molecule has 2 aromatic carbocycles. The highest BCUT2D eigenvalue weighted by Gasteiger charge is 2.28. The Bertz CT molecular complexity index is 1360. The minimum atomic E-state index is -4.91. The Labute approximate surface area is 230 Å². The van der Waals surface area contributed by atoms with Crippen LogP contribution >= 0.6 is 42.4 Å². The number of carboxylic acid groups (broad SMARTS) is 1. The van der Waals surface area contributed by atoms with Crippen molar-refractivity contribution >= 4 is 48.5 Å². The number of halogens is 3. The van der Waals surface area contributed by atoms with E-state index in [1.165, 1.54) is 13.0 Å². The Morgan fingerprint density at radius 1 is 1.11 bits per heavy atom. The molecule has 0 saturated heterocycles. The van der Waals surface area contributed by atoms with Crippen molar-refractivity contribution in [3.63, 3.8) is 0 Å². The fourth-order valence-electron chi connectivity index (χ4n) is 3.16. The van der Waals surface area contributed by atoms with Gasteiger partial charge in [0.05, 0.1) is 28.3 Å². The molecule has 1 aromatic heterocycles. The highest BCUT2D eigenvalue weighted by atomic mass is 35.5. The van der Waals surface area contributed by atoms with Gasteiger partial charge in [0.2, 0.25) is 0 Å². The fourth-order valence-corrected chi connectivity index (χ4v) is 5.13. The number of phosphoric ester groups is 1. The number of hydrogen-bond acceptors (Lipinski definition) is 8. The third-order valence-corrected chi connectivity index (χ3v) is 7.04. The van der Waals surface area contributed by atoms with E-state index in [-0.39, 0.29) is 22.4 Å². The minimum absolute atomic E-state index is 0.0498. The van der Waals surface area contributed by atoms with E-state index >= 15 is 0 Å². The Balaban J connectivity index is 1.78. The molecule has 0 saturated carbocycles. The van der Waals surface area contributed by atoms with E-state index in [0.717, 1.165) is 17.4 Å². The predicted octanol–water partition coefficient (Wildman–Crippen LogP) is 5.62.